The van der Waals surface area contributed by atoms with E-state index in [1.54, 1.807) is 17.0 Å². The van der Waals surface area contributed by atoms with Crippen LogP contribution < -0.4 is 9.64 Å². The average molecular weight is 299 g/mol. The Morgan fingerprint density at radius 3 is 2.77 bits per heavy atom. The first-order chi connectivity index (χ1) is 10.7. The first-order valence-electron chi connectivity index (χ1n) is 7.44. The largest absolute Gasteiger partial charge is 0.481 e. The lowest BCUT2D eigenvalue weighted by Gasteiger charge is -2.35. The van der Waals surface area contributed by atoms with Gasteiger partial charge in [0, 0.05) is 11.7 Å². The van der Waals surface area contributed by atoms with Crippen molar-refractivity contribution in [3.63, 3.8) is 0 Å². The summed E-state index contributed by atoms with van der Waals surface area (Å²) >= 11 is 0. The number of hydrogen-bond acceptors (Lipinski definition) is 2. The zero-order valence-corrected chi connectivity index (χ0v) is 12.5. The van der Waals surface area contributed by atoms with Gasteiger partial charge in [0.15, 0.2) is 18.2 Å². The molecule has 0 aliphatic carbocycles. The summed E-state index contributed by atoms with van der Waals surface area (Å²) in [5, 5.41) is 0. The number of nitrogens with zero attached hydrogens (tertiary/aromatic N) is 1. The molecule has 1 atom stereocenters. The van der Waals surface area contributed by atoms with E-state index in [1.165, 1.54) is 17.7 Å². The second kappa shape index (κ2) is 6.18. The summed E-state index contributed by atoms with van der Waals surface area (Å²) < 4.78 is 18.9. The zero-order valence-electron chi connectivity index (χ0n) is 12.5. The van der Waals surface area contributed by atoms with Crippen LogP contribution in [0.2, 0.25) is 0 Å². The van der Waals surface area contributed by atoms with Gasteiger partial charge in [-0.3, -0.25) is 4.79 Å². The van der Waals surface area contributed by atoms with Crippen molar-refractivity contribution in [1.82, 2.24) is 0 Å². The van der Waals surface area contributed by atoms with Gasteiger partial charge < -0.3 is 9.64 Å². The smallest absolute Gasteiger partial charge is 0.265 e. The van der Waals surface area contributed by atoms with Crippen LogP contribution in [0.5, 0.6) is 5.75 Å². The molecule has 1 aliphatic heterocycles. The molecule has 2 aromatic carbocycles. The maximum Gasteiger partial charge on any atom is 0.265 e. The summed E-state index contributed by atoms with van der Waals surface area (Å²) in [6.07, 6.45) is 1.89. The quantitative estimate of drug-likeness (QED) is 0.867. The fourth-order valence-corrected chi connectivity index (χ4v) is 2.84. The van der Waals surface area contributed by atoms with Crippen LogP contribution in [-0.4, -0.2) is 18.6 Å². The summed E-state index contributed by atoms with van der Waals surface area (Å²) in [5.41, 5.74) is 2.10. The standard InChI is InChI=1S/C18H18FNO2/c1-13-10-11-14-6-2-4-8-16(14)20(13)18(21)12-22-17-9-5-3-7-15(17)19/h2-9,13H,10-12H2,1H3. The van der Waals surface area contributed by atoms with Gasteiger partial charge in [0.1, 0.15) is 0 Å². The molecular weight excluding hydrogens is 281 g/mol. The lowest BCUT2D eigenvalue weighted by molar-refractivity contribution is -0.121. The number of carbonyl (C=O) groups is 1. The molecule has 0 spiro atoms. The number of benzene rings is 2. The van der Waals surface area contributed by atoms with E-state index in [0.29, 0.717) is 0 Å². The van der Waals surface area contributed by atoms with Gasteiger partial charge in [-0.25, -0.2) is 4.39 Å². The van der Waals surface area contributed by atoms with Gasteiger partial charge >= 0.3 is 0 Å². The molecule has 4 heteroatoms. The first kappa shape index (κ1) is 14.6. The number of para-hydroxylation sites is 2. The van der Waals surface area contributed by atoms with E-state index in [0.717, 1.165) is 18.5 Å². The fraction of sp³-hybridized carbons (Fsp3) is 0.278. The third-order valence-electron chi connectivity index (χ3n) is 3.98. The van der Waals surface area contributed by atoms with Gasteiger partial charge in [-0.05, 0) is 43.5 Å². The topological polar surface area (TPSA) is 29.5 Å². The molecule has 0 fully saturated rings. The van der Waals surface area contributed by atoms with Crippen molar-refractivity contribution in [2.24, 2.45) is 0 Å². The highest BCUT2D eigenvalue weighted by molar-refractivity contribution is 5.96. The maximum absolute atomic E-state index is 13.5. The third-order valence-corrected chi connectivity index (χ3v) is 3.98. The Morgan fingerprint density at radius 2 is 1.95 bits per heavy atom. The van der Waals surface area contributed by atoms with Gasteiger partial charge in [0.25, 0.3) is 5.91 Å². The lowest BCUT2D eigenvalue weighted by Crippen LogP contribution is -2.44. The molecule has 1 unspecified atom stereocenters. The molecule has 0 saturated heterocycles. The van der Waals surface area contributed by atoms with E-state index in [1.807, 2.05) is 31.2 Å². The van der Waals surface area contributed by atoms with Crippen LogP contribution in [-0.2, 0) is 11.2 Å². The Morgan fingerprint density at radius 1 is 1.23 bits per heavy atom. The normalized spacial score (nSPS) is 17.0. The minimum absolute atomic E-state index is 0.105. The van der Waals surface area contributed by atoms with Gasteiger partial charge in [0.05, 0.1) is 0 Å². The summed E-state index contributed by atoms with van der Waals surface area (Å²) in [7, 11) is 0. The highest BCUT2D eigenvalue weighted by atomic mass is 19.1. The SMILES string of the molecule is CC1CCc2ccccc2N1C(=O)COc1ccccc1F. The Kier molecular flexibility index (Phi) is 4.09. The summed E-state index contributed by atoms with van der Waals surface area (Å²) in [4.78, 5) is 14.3. The van der Waals surface area contributed by atoms with E-state index in [9.17, 15) is 9.18 Å². The summed E-state index contributed by atoms with van der Waals surface area (Å²) in [6, 6.07) is 14.1. The molecule has 0 radical (unpaired) electrons. The molecule has 0 bridgehead atoms. The zero-order chi connectivity index (χ0) is 15.5. The van der Waals surface area contributed by atoms with E-state index in [4.69, 9.17) is 4.74 Å². The van der Waals surface area contributed by atoms with Crippen molar-refractivity contribution in [3.8, 4) is 5.75 Å². The van der Waals surface area contributed by atoms with Crippen LogP contribution >= 0.6 is 0 Å². The van der Waals surface area contributed by atoms with Crippen molar-refractivity contribution in [2.45, 2.75) is 25.8 Å². The minimum atomic E-state index is -0.456. The summed E-state index contributed by atoms with van der Waals surface area (Å²) in [5.74, 6) is -0.501. The molecule has 1 heterocycles. The molecule has 3 rings (SSSR count). The van der Waals surface area contributed by atoms with Gasteiger partial charge in [-0.15, -0.1) is 0 Å². The number of hydrogen-bond donors (Lipinski definition) is 0. The molecule has 1 aliphatic rings. The van der Waals surface area contributed by atoms with Crippen LogP contribution in [0, 0.1) is 5.82 Å². The monoisotopic (exact) mass is 299 g/mol. The Balaban J connectivity index is 1.76. The molecule has 0 aromatic heterocycles. The van der Waals surface area contributed by atoms with Crippen LogP contribution in [0.1, 0.15) is 18.9 Å². The first-order valence-corrected chi connectivity index (χ1v) is 7.44. The predicted molar refractivity (Wildman–Crippen MR) is 83.6 cm³/mol. The highest BCUT2D eigenvalue weighted by Gasteiger charge is 2.28. The second-order valence-electron chi connectivity index (χ2n) is 5.50. The number of rotatable bonds is 3. The Bertz CT molecular complexity index is 686. The van der Waals surface area contributed by atoms with Crippen LogP contribution in [0.4, 0.5) is 10.1 Å². The van der Waals surface area contributed by atoms with Gasteiger partial charge in [-0.1, -0.05) is 30.3 Å². The minimum Gasteiger partial charge on any atom is -0.481 e. The second-order valence-corrected chi connectivity index (χ2v) is 5.50. The molecule has 114 valence electrons. The number of ether oxygens (including phenoxy) is 1. The molecule has 2 aromatic rings. The molecule has 3 nitrogen and oxygen atoms in total. The number of aryl methyl sites for hydroxylation is 1. The number of amides is 1. The Labute approximate surface area is 129 Å². The van der Waals surface area contributed by atoms with Crippen molar-refractivity contribution < 1.29 is 13.9 Å². The average Bonchev–Trinajstić information content (AvgIpc) is 2.53. The number of fused-ring (bicyclic) bond motifs is 1. The Hall–Kier alpha value is -2.36. The van der Waals surface area contributed by atoms with Crippen molar-refractivity contribution in [2.75, 3.05) is 11.5 Å². The van der Waals surface area contributed by atoms with Gasteiger partial charge in [-0.2, -0.15) is 0 Å². The maximum atomic E-state index is 13.5. The third kappa shape index (κ3) is 2.82. The molecular formula is C18H18FNO2. The molecule has 22 heavy (non-hydrogen) atoms. The van der Waals surface area contributed by atoms with E-state index >= 15 is 0 Å². The van der Waals surface area contributed by atoms with Gasteiger partial charge in [0.2, 0.25) is 0 Å². The molecule has 1 amide bonds. The van der Waals surface area contributed by atoms with E-state index in [-0.39, 0.29) is 24.3 Å². The van der Waals surface area contributed by atoms with Crippen LogP contribution in [0.15, 0.2) is 48.5 Å². The fourth-order valence-electron chi connectivity index (χ4n) is 2.84. The van der Waals surface area contributed by atoms with E-state index in [2.05, 4.69) is 0 Å². The van der Waals surface area contributed by atoms with Crippen molar-refractivity contribution >= 4 is 11.6 Å². The highest BCUT2D eigenvalue weighted by Crippen LogP contribution is 2.30. The van der Waals surface area contributed by atoms with Crippen molar-refractivity contribution in [1.29, 1.82) is 0 Å². The number of halogens is 1. The lowest BCUT2D eigenvalue weighted by atomic mass is 9.96. The van der Waals surface area contributed by atoms with E-state index < -0.39 is 5.82 Å². The molecule has 0 N–H and O–H groups in total. The number of carbonyl (C=O) groups excluding carboxylic acids is 1. The van der Waals surface area contributed by atoms with Crippen LogP contribution in [0.3, 0.4) is 0 Å². The summed E-state index contributed by atoms with van der Waals surface area (Å²) in [6.45, 7) is 1.86. The van der Waals surface area contributed by atoms with Crippen molar-refractivity contribution in [3.05, 3.63) is 59.9 Å². The van der Waals surface area contributed by atoms with Crippen LogP contribution in [0.25, 0.3) is 0 Å². The number of anilines is 1. The predicted octanol–water partition coefficient (Wildman–Crippen LogP) is 3.57. The molecule has 0 saturated carbocycles.